The lowest BCUT2D eigenvalue weighted by Crippen LogP contribution is -2.12. The van der Waals surface area contributed by atoms with Crippen LogP contribution in [-0.4, -0.2) is 35.4 Å². The predicted octanol–water partition coefficient (Wildman–Crippen LogP) is -0.330. The van der Waals surface area contributed by atoms with E-state index in [0.717, 1.165) is 0 Å². The van der Waals surface area contributed by atoms with Gasteiger partial charge in [0.2, 0.25) is 5.88 Å². The van der Waals surface area contributed by atoms with Gasteiger partial charge in [-0.25, -0.2) is 10.8 Å². The molecule has 16 heavy (non-hydrogen) atoms. The Balaban J connectivity index is 2.69. The molecule has 0 aromatic carbocycles. The summed E-state index contributed by atoms with van der Waals surface area (Å²) in [5, 5.41) is 8.62. The molecule has 1 heterocycles. The van der Waals surface area contributed by atoms with E-state index in [1.165, 1.54) is 0 Å². The molecule has 7 nitrogen and oxygen atoms in total. The molecule has 1 aromatic rings. The van der Waals surface area contributed by atoms with Crippen molar-refractivity contribution in [3.05, 3.63) is 11.9 Å². The van der Waals surface area contributed by atoms with Gasteiger partial charge in [0.1, 0.15) is 12.4 Å². The van der Waals surface area contributed by atoms with Crippen LogP contribution in [0.1, 0.15) is 12.2 Å². The molecule has 0 amide bonds. The molecule has 0 unspecified atom stereocenters. The summed E-state index contributed by atoms with van der Waals surface area (Å²) in [5.41, 5.74) is 2.42. The van der Waals surface area contributed by atoms with Gasteiger partial charge in [0.25, 0.3) is 0 Å². The lowest BCUT2D eigenvalue weighted by molar-refractivity contribution is 0.175. The number of aromatic nitrogens is 2. The largest absolute Gasteiger partial charge is 0.477 e. The fourth-order valence-corrected chi connectivity index (χ4v) is 1.06. The zero-order chi connectivity index (χ0) is 11.8. The highest BCUT2D eigenvalue weighted by atomic mass is 16.5. The SMILES string of the molecule is COCc1nc(NN)cc(OCCCO)n1. The highest BCUT2D eigenvalue weighted by Crippen LogP contribution is 2.13. The number of nitrogens with one attached hydrogen (secondary N) is 1. The molecule has 0 aliphatic carbocycles. The van der Waals surface area contributed by atoms with Gasteiger partial charge in [-0.2, -0.15) is 4.98 Å². The molecule has 0 aliphatic rings. The molecule has 0 saturated heterocycles. The number of ether oxygens (including phenoxy) is 2. The summed E-state index contributed by atoms with van der Waals surface area (Å²) in [7, 11) is 1.55. The first kappa shape index (κ1) is 12.6. The summed E-state index contributed by atoms with van der Waals surface area (Å²) in [6, 6.07) is 1.58. The third kappa shape index (κ3) is 3.97. The van der Waals surface area contributed by atoms with E-state index < -0.39 is 0 Å². The Morgan fingerprint density at radius 1 is 1.50 bits per heavy atom. The van der Waals surface area contributed by atoms with Crippen LogP contribution in [0.25, 0.3) is 0 Å². The van der Waals surface area contributed by atoms with Gasteiger partial charge in [-0.1, -0.05) is 0 Å². The minimum atomic E-state index is 0.0814. The number of hydrazine groups is 1. The van der Waals surface area contributed by atoms with E-state index in [1.54, 1.807) is 13.2 Å². The highest BCUT2D eigenvalue weighted by molar-refractivity contribution is 5.36. The average molecular weight is 228 g/mol. The fraction of sp³-hybridized carbons (Fsp3) is 0.556. The second-order valence-electron chi connectivity index (χ2n) is 3.01. The Hall–Kier alpha value is -1.44. The number of nitrogen functional groups attached to an aromatic ring is 1. The van der Waals surface area contributed by atoms with Gasteiger partial charge in [-0.05, 0) is 0 Å². The average Bonchev–Trinajstić information content (AvgIpc) is 2.29. The maximum Gasteiger partial charge on any atom is 0.218 e. The monoisotopic (exact) mass is 228 g/mol. The number of rotatable bonds is 7. The van der Waals surface area contributed by atoms with E-state index in [4.69, 9.17) is 20.4 Å². The first-order valence-electron chi connectivity index (χ1n) is 4.87. The molecule has 4 N–H and O–H groups in total. The van der Waals surface area contributed by atoms with Crippen molar-refractivity contribution in [2.75, 3.05) is 25.7 Å². The minimum Gasteiger partial charge on any atom is -0.477 e. The normalized spacial score (nSPS) is 10.2. The van der Waals surface area contributed by atoms with Crippen LogP contribution < -0.4 is 16.0 Å². The van der Waals surface area contributed by atoms with Gasteiger partial charge in [0, 0.05) is 26.2 Å². The zero-order valence-corrected chi connectivity index (χ0v) is 9.14. The molecule has 0 spiro atoms. The second-order valence-corrected chi connectivity index (χ2v) is 3.01. The van der Waals surface area contributed by atoms with Crippen molar-refractivity contribution >= 4 is 5.82 Å². The number of hydrogen-bond donors (Lipinski definition) is 3. The molecule has 0 bridgehead atoms. The number of nitrogens with zero attached hydrogens (tertiary/aromatic N) is 2. The van der Waals surface area contributed by atoms with Crippen LogP contribution in [0.3, 0.4) is 0 Å². The molecule has 0 aliphatic heterocycles. The van der Waals surface area contributed by atoms with Crippen LogP contribution in [0.2, 0.25) is 0 Å². The van der Waals surface area contributed by atoms with Crippen molar-refractivity contribution in [3.63, 3.8) is 0 Å². The van der Waals surface area contributed by atoms with E-state index in [0.29, 0.717) is 30.5 Å². The van der Waals surface area contributed by atoms with Crippen molar-refractivity contribution in [1.29, 1.82) is 0 Å². The maximum absolute atomic E-state index is 8.62. The summed E-state index contributed by atoms with van der Waals surface area (Å²) in [6.07, 6.45) is 0.551. The van der Waals surface area contributed by atoms with Crippen molar-refractivity contribution in [2.45, 2.75) is 13.0 Å². The summed E-state index contributed by atoms with van der Waals surface area (Å²) >= 11 is 0. The Kier molecular flexibility index (Phi) is 5.48. The molecule has 0 atom stereocenters. The molecule has 1 rings (SSSR count). The Labute approximate surface area is 93.6 Å². The molecule has 0 radical (unpaired) electrons. The van der Waals surface area contributed by atoms with Crippen molar-refractivity contribution in [1.82, 2.24) is 9.97 Å². The van der Waals surface area contributed by atoms with Crippen LogP contribution in [0.5, 0.6) is 5.88 Å². The predicted molar refractivity (Wildman–Crippen MR) is 57.8 cm³/mol. The van der Waals surface area contributed by atoms with E-state index >= 15 is 0 Å². The van der Waals surface area contributed by atoms with Gasteiger partial charge >= 0.3 is 0 Å². The third-order valence-electron chi connectivity index (χ3n) is 1.72. The summed E-state index contributed by atoms with van der Waals surface area (Å²) in [5.74, 6) is 6.61. The molecule has 90 valence electrons. The zero-order valence-electron chi connectivity index (χ0n) is 9.14. The number of aliphatic hydroxyl groups excluding tert-OH is 1. The highest BCUT2D eigenvalue weighted by Gasteiger charge is 2.04. The molecule has 1 aromatic heterocycles. The summed E-state index contributed by atoms with van der Waals surface area (Å²) < 4.78 is 10.2. The van der Waals surface area contributed by atoms with Crippen LogP contribution in [0.15, 0.2) is 6.07 Å². The number of hydrogen-bond acceptors (Lipinski definition) is 7. The second kappa shape index (κ2) is 6.94. The summed E-state index contributed by atoms with van der Waals surface area (Å²) in [4.78, 5) is 8.18. The van der Waals surface area contributed by atoms with Crippen LogP contribution >= 0.6 is 0 Å². The number of nitrogens with two attached hydrogens (primary N) is 1. The summed E-state index contributed by atoms with van der Waals surface area (Å²) in [6.45, 7) is 0.758. The van der Waals surface area contributed by atoms with Crippen molar-refractivity contribution in [2.24, 2.45) is 5.84 Å². The Morgan fingerprint density at radius 3 is 2.94 bits per heavy atom. The Bertz CT molecular complexity index is 322. The lowest BCUT2D eigenvalue weighted by atomic mass is 10.5. The maximum atomic E-state index is 8.62. The first-order chi connectivity index (χ1) is 7.80. The van der Waals surface area contributed by atoms with E-state index in [9.17, 15) is 0 Å². The van der Waals surface area contributed by atoms with Crippen molar-refractivity contribution in [3.8, 4) is 5.88 Å². The van der Waals surface area contributed by atoms with Gasteiger partial charge < -0.3 is 20.0 Å². The van der Waals surface area contributed by atoms with E-state index in [-0.39, 0.29) is 13.2 Å². The molecule has 0 fully saturated rings. The quantitative estimate of drug-likeness (QED) is 0.333. The van der Waals surface area contributed by atoms with Crippen LogP contribution in [-0.2, 0) is 11.3 Å². The van der Waals surface area contributed by atoms with Crippen LogP contribution in [0.4, 0.5) is 5.82 Å². The van der Waals surface area contributed by atoms with Crippen molar-refractivity contribution < 1.29 is 14.6 Å². The number of methoxy groups -OCH3 is 1. The Morgan fingerprint density at radius 2 is 2.31 bits per heavy atom. The van der Waals surface area contributed by atoms with Gasteiger partial charge in [-0.15, -0.1) is 0 Å². The molecular formula is C9H16N4O3. The van der Waals surface area contributed by atoms with E-state index in [1.807, 2.05) is 0 Å². The third-order valence-corrected chi connectivity index (χ3v) is 1.72. The van der Waals surface area contributed by atoms with Crippen LogP contribution in [0, 0.1) is 0 Å². The van der Waals surface area contributed by atoms with Gasteiger partial charge in [0.05, 0.1) is 6.61 Å². The molecule has 0 saturated carbocycles. The van der Waals surface area contributed by atoms with E-state index in [2.05, 4.69) is 15.4 Å². The minimum absolute atomic E-state index is 0.0814. The first-order valence-corrected chi connectivity index (χ1v) is 4.87. The molecular weight excluding hydrogens is 212 g/mol. The van der Waals surface area contributed by atoms with Gasteiger partial charge in [-0.3, -0.25) is 0 Å². The van der Waals surface area contributed by atoms with Gasteiger partial charge in [0.15, 0.2) is 5.82 Å². The number of aliphatic hydroxyl groups is 1. The fourth-order valence-electron chi connectivity index (χ4n) is 1.06. The lowest BCUT2D eigenvalue weighted by Gasteiger charge is -2.08. The topological polar surface area (TPSA) is 103 Å². The standard InChI is InChI=1S/C9H16N4O3/c1-15-6-8-11-7(13-10)5-9(12-8)16-4-2-3-14/h5,14H,2-4,6,10H2,1H3,(H,11,12,13). The number of anilines is 1. The molecule has 7 heteroatoms. The smallest absolute Gasteiger partial charge is 0.218 e.